The van der Waals surface area contributed by atoms with Gasteiger partial charge in [0.2, 0.25) is 0 Å². The quantitative estimate of drug-likeness (QED) is 0.650. The van der Waals surface area contributed by atoms with Crippen LogP contribution in [-0.4, -0.2) is 4.98 Å². The van der Waals surface area contributed by atoms with Crippen LogP contribution < -0.4 is 0 Å². The molecule has 62 valence electrons. The molecule has 0 unspecified atom stereocenters. The number of fused-ring (bicyclic) bond motifs is 1. The van der Waals surface area contributed by atoms with Gasteiger partial charge in [-0.1, -0.05) is 19.9 Å². The Kier molecular flexibility index (Phi) is 1.85. The maximum Gasteiger partial charge on any atom is 0.0843 e. The van der Waals surface area contributed by atoms with Crippen molar-refractivity contribution < 1.29 is 0 Å². The van der Waals surface area contributed by atoms with Crippen LogP contribution >= 0.6 is 11.3 Å². The van der Waals surface area contributed by atoms with Gasteiger partial charge in [0.1, 0.15) is 0 Å². The molecular formula is C10H11NS. The largest absolute Gasteiger partial charge is 0.255 e. The molecule has 0 fully saturated rings. The molecule has 0 amide bonds. The van der Waals surface area contributed by atoms with E-state index in [0.717, 1.165) is 0 Å². The van der Waals surface area contributed by atoms with Crippen LogP contribution in [0, 0.1) is 0 Å². The van der Waals surface area contributed by atoms with Crippen LogP contribution in [0.1, 0.15) is 24.6 Å². The lowest BCUT2D eigenvalue weighted by molar-refractivity contribution is 0.894. The van der Waals surface area contributed by atoms with E-state index in [2.05, 4.69) is 30.3 Å². The fourth-order valence-electron chi connectivity index (χ4n) is 1.31. The highest BCUT2D eigenvalue weighted by Gasteiger charge is 2.07. The predicted molar refractivity (Wildman–Crippen MR) is 53.7 cm³/mol. The Morgan fingerprint density at radius 2 is 2.25 bits per heavy atom. The van der Waals surface area contributed by atoms with E-state index in [1.807, 2.05) is 23.6 Å². The zero-order valence-corrected chi connectivity index (χ0v) is 8.06. The molecule has 2 aromatic rings. The molecular weight excluding hydrogens is 166 g/mol. The molecule has 0 atom stereocenters. The van der Waals surface area contributed by atoms with Gasteiger partial charge < -0.3 is 0 Å². The number of hydrogen-bond acceptors (Lipinski definition) is 2. The lowest BCUT2D eigenvalue weighted by atomic mass is 10.1. The Morgan fingerprint density at radius 3 is 3.00 bits per heavy atom. The molecule has 0 bridgehead atoms. The van der Waals surface area contributed by atoms with E-state index < -0.39 is 0 Å². The van der Waals surface area contributed by atoms with E-state index in [9.17, 15) is 0 Å². The van der Waals surface area contributed by atoms with Gasteiger partial charge in [0.05, 0.1) is 5.52 Å². The van der Waals surface area contributed by atoms with Crippen LogP contribution in [0.4, 0.5) is 0 Å². The summed E-state index contributed by atoms with van der Waals surface area (Å²) in [5.74, 6) is 0.586. The Morgan fingerprint density at radius 1 is 1.42 bits per heavy atom. The topological polar surface area (TPSA) is 12.9 Å². The number of hydrogen-bond donors (Lipinski definition) is 0. The molecule has 0 radical (unpaired) electrons. The van der Waals surface area contributed by atoms with Gasteiger partial charge in [0.15, 0.2) is 0 Å². The fraction of sp³-hybridized carbons (Fsp3) is 0.300. The molecule has 0 saturated carbocycles. The van der Waals surface area contributed by atoms with Crippen LogP contribution in [0.2, 0.25) is 0 Å². The van der Waals surface area contributed by atoms with Crippen molar-refractivity contribution in [2.45, 2.75) is 19.8 Å². The Hall–Kier alpha value is -0.890. The van der Waals surface area contributed by atoms with Crippen molar-refractivity contribution in [1.82, 2.24) is 4.98 Å². The summed E-state index contributed by atoms with van der Waals surface area (Å²) < 4.78 is 0. The second-order valence-corrected chi connectivity index (χ2v) is 4.11. The van der Waals surface area contributed by atoms with Crippen LogP contribution in [-0.2, 0) is 0 Å². The zero-order chi connectivity index (χ0) is 8.55. The lowest BCUT2D eigenvalue weighted by Crippen LogP contribution is -1.83. The first kappa shape index (κ1) is 7.74. The standard InChI is InChI=1S/C10H11NS/c1-7(2)10-9-8(6-12-10)4-3-5-11-9/h3-7H,1-2H3. The van der Waals surface area contributed by atoms with Crippen molar-refractivity contribution in [2.75, 3.05) is 0 Å². The molecule has 0 N–H and O–H groups in total. The highest BCUT2D eigenvalue weighted by molar-refractivity contribution is 7.11. The van der Waals surface area contributed by atoms with Gasteiger partial charge in [-0.05, 0) is 12.0 Å². The summed E-state index contributed by atoms with van der Waals surface area (Å²) in [6.45, 7) is 4.42. The molecule has 0 aliphatic rings. The molecule has 0 saturated heterocycles. The molecule has 2 heterocycles. The van der Waals surface area contributed by atoms with Crippen molar-refractivity contribution in [3.63, 3.8) is 0 Å². The first-order chi connectivity index (χ1) is 5.79. The Balaban J connectivity index is 2.70. The van der Waals surface area contributed by atoms with E-state index in [1.165, 1.54) is 15.8 Å². The minimum atomic E-state index is 0.586. The molecule has 2 heteroatoms. The first-order valence-electron chi connectivity index (χ1n) is 4.11. The highest BCUT2D eigenvalue weighted by atomic mass is 32.1. The first-order valence-corrected chi connectivity index (χ1v) is 4.99. The van der Waals surface area contributed by atoms with Crippen molar-refractivity contribution in [3.05, 3.63) is 28.6 Å². The summed E-state index contributed by atoms with van der Waals surface area (Å²) in [6.07, 6.45) is 1.86. The van der Waals surface area contributed by atoms with E-state index >= 15 is 0 Å². The van der Waals surface area contributed by atoms with E-state index in [1.54, 1.807) is 0 Å². The van der Waals surface area contributed by atoms with Crippen LogP contribution in [0.3, 0.4) is 0 Å². The molecule has 0 aliphatic heterocycles. The average Bonchev–Trinajstić information content (AvgIpc) is 2.47. The van der Waals surface area contributed by atoms with Gasteiger partial charge in [0.25, 0.3) is 0 Å². The van der Waals surface area contributed by atoms with E-state index in [0.29, 0.717) is 5.92 Å². The second-order valence-electron chi connectivity index (χ2n) is 3.20. The average molecular weight is 177 g/mol. The van der Waals surface area contributed by atoms with Crippen molar-refractivity contribution in [2.24, 2.45) is 0 Å². The summed E-state index contributed by atoms with van der Waals surface area (Å²) in [5.41, 5.74) is 1.18. The number of aromatic nitrogens is 1. The van der Waals surface area contributed by atoms with Gasteiger partial charge in [0, 0.05) is 21.8 Å². The number of nitrogens with zero attached hydrogens (tertiary/aromatic N) is 1. The summed E-state index contributed by atoms with van der Waals surface area (Å²) in [6, 6.07) is 4.10. The van der Waals surface area contributed by atoms with Gasteiger partial charge in [-0.15, -0.1) is 11.3 Å². The summed E-state index contributed by atoms with van der Waals surface area (Å²) in [7, 11) is 0. The van der Waals surface area contributed by atoms with Crippen molar-refractivity contribution >= 4 is 22.2 Å². The third-order valence-electron chi connectivity index (χ3n) is 1.91. The Labute approximate surface area is 76.1 Å². The number of thiophene rings is 1. The van der Waals surface area contributed by atoms with Crippen molar-refractivity contribution in [1.29, 1.82) is 0 Å². The summed E-state index contributed by atoms with van der Waals surface area (Å²) in [5, 5.41) is 3.45. The van der Waals surface area contributed by atoms with E-state index in [4.69, 9.17) is 0 Å². The monoisotopic (exact) mass is 177 g/mol. The molecule has 0 aliphatic carbocycles. The summed E-state index contributed by atoms with van der Waals surface area (Å²) >= 11 is 1.81. The van der Waals surface area contributed by atoms with Crippen LogP contribution in [0.5, 0.6) is 0 Å². The highest BCUT2D eigenvalue weighted by Crippen LogP contribution is 2.29. The molecule has 12 heavy (non-hydrogen) atoms. The second kappa shape index (κ2) is 2.87. The zero-order valence-electron chi connectivity index (χ0n) is 7.24. The minimum absolute atomic E-state index is 0.586. The molecule has 2 aromatic heterocycles. The lowest BCUT2D eigenvalue weighted by Gasteiger charge is -1.99. The maximum atomic E-state index is 4.37. The summed E-state index contributed by atoms with van der Waals surface area (Å²) in [4.78, 5) is 5.77. The van der Waals surface area contributed by atoms with Gasteiger partial charge >= 0.3 is 0 Å². The van der Waals surface area contributed by atoms with Crippen LogP contribution in [0.25, 0.3) is 10.9 Å². The molecule has 0 spiro atoms. The maximum absolute atomic E-state index is 4.37. The number of pyridine rings is 1. The third-order valence-corrected chi connectivity index (χ3v) is 3.20. The SMILES string of the molecule is CC(C)c1scc2cccnc12. The van der Waals surface area contributed by atoms with Gasteiger partial charge in [-0.25, -0.2) is 0 Å². The number of rotatable bonds is 1. The molecule has 1 nitrogen and oxygen atoms in total. The normalized spacial score (nSPS) is 11.2. The van der Waals surface area contributed by atoms with Crippen molar-refractivity contribution in [3.8, 4) is 0 Å². The third kappa shape index (κ3) is 1.12. The Bertz CT molecular complexity index is 389. The van der Waals surface area contributed by atoms with Gasteiger partial charge in [-0.2, -0.15) is 0 Å². The smallest absolute Gasteiger partial charge is 0.0843 e. The van der Waals surface area contributed by atoms with Gasteiger partial charge in [-0.3, -0.25) is 4.98 Å². The fourth-order valence-corrected chi connectivity index (χ4v) is 2.31. The van der Waals surface area contributed by atoms with Crippen LogP contribution in [0.15, 0.2) is 23.7 Å². The van der Waals surface area contributed by atoms with E-state index in [-0.39, 0.29) is 0 Å². The minimum Gasteiger partial charge on any atom is -0.255 e. The molecule has 2 rings (SSSR count). The molecule has 0 aromatic carbocycles. The predicted octanol–water partition coefficient (Wildman–Crippen LogP) is 3.42.